The summed E-state index contributed by atoms with van der Waals surface area (Å²) in [5.74, 6) is -0.119. The number of amides is 1. The Morgan fingerprint density at radius 1 is 1.21 bits per heavy atom. The van der Waals surface area contributed by atoms with Gasteiger partial charge in [0, 0.05) is 37.7 Å². The van der Waals surface area contributed by atoms with Crippen LogP contribution >= 0.6 is 0 Å². The van der Waals surface area contributed by atoms with E-state index in [4.69, 9.17) is 14.2 Å². The van der Waals surface area contributed by atoms with Crippen molar-refractivity contribution in [2.24, 2.45) is 0 Å². The third-order valence-corrected chi connectivity index (χ3v) is 4.19. The van der Waals surface area contributed by atoms with E-state index in [1.807, 2.05) is 43.3 Å². The number of hydrogen-bond donors (Lipinski definition) is 0. The molecular formula is C22H26N2O5. The van der Waals surface area contributed by atoms with Crippen LogP contribution in [-0.2, 0) is 25.7 Å². The fraction of sp³-hybridized carbons (Fsp3) is 0.318. The lowest BCUT2D eigenvalue weighted by molar-refractivity contribution is -0.152. The van der Waals surface area contributed by atoms with E-state index >= 15 is 0 Å². The van der Waals surface area contributed by atoms with Crippen molar-refractivity contribution in [3.05, 3.63) is 66.0 Å². The quantitative estimate of drug-likeness (QED) is 0.452. The first kappa shape index (κ1) is 22.1. The fourth-order valence-electron chi connectivity index (χ4n) is 2.47. The van der Waals surface area contributed by atoms with Crippen molar-refractivity contribution in [2.45, 2.75) is 19.6 Å². The molecule has 1 unspecified atom stereocenters. The van der Waals surface area contributed by atoms with Gasteiger partial charge in [0.1, 0.15) is 12.4 Å². The molecule has 0 aliphatic rings. The van der Waals surface area contributed by atoms with Gasteiger partial charge in [0.25, 0.3) is 0 Å². The Balaban J connectivity index is 1.93. The number of ether oxygens (including phenoxy) is 3. The van der Waals surface area contributed by atoms with Crippen LogP contribution in [0.25, 0.3) is 6.08 Å². The molecule has 29 heavy (non-hydrogen) atoms. The summed E-state index contributed by atoms with van der Waals surface area (Å²) in [4.78, 5) is 29.7. The summed E-state index contributed by atoms with van der Waals surface area (Å²) in [6, 6.07) is 10.4. The molecule has 7 heteroatoms. The van der Waals surface area contributed by atoms with Crippen LogP contribution in [0.2, 0.25) is 0 Å². The average Bonchev–Trinajstić information content (AvgIpc) is 2.77. The maximum absolute atomic E-state index is 12.4. The molecule has 0 N–H and O–H groups in total. The summed E-state index contributed by atoms with van der Waals surface area (Å²) >= 11 is 0. The molecule has 0 aliphatic carbocycles. The van der Waals surface area contributed by atoms with Gasteiger partial charge in [-0.15, -0.1) is 0 Å². The van der Waals surface area contributed by atoms with Crippen molar-refractivity contribution in [3.63, 3.8) is 0 Å². The monoisotopic (exact) mass is 398 g/mol. The van der Waals surface area contributed by atoms with Gasteiger partial charge in [-0.25, -0.2) is 4.79 Å². The zero-order valence-corrected chi connectivity index (χ0v) is 16.9. The van der Waals surface area contributed by atoms with Gasteiger partial charge >= 0.3 is 5.97 Å². The summed E-state index contributed by atoms with van der Waals surface area (Å²) in [6.45, 7) is 2.78. The second-order valence-electron chi connectivity index (χ2n) is 6.20. The lowest BCUT2D eigenvalue weighted by Crippen LogP contribution is -2.45. The van der Waals surface area contributed by atoms with Gasteiger partial charge in [-0.05, 0) is 36.8 Å². The smallest absolute Gasteiger partial charge is 0.331 e. The predicted molar refractivity (Wildman–Crippen MR) is 109 cm³/mol. The Morgan fingerprint density at radius 2 is 1.97 bits per heavy atom. The highest BCUT2D eigenvalue weighted by Gasteiger charge is 2.26. The van der Waals surface area contributed by atoms with E-state index in [1.165, 1.54) is 18.1 Å². The standard InChI is InChI=1S/C22H26N2O5/c1-4-28-16-20(22(26)27-3)24(2)21(25)12-9-17-7-10-19(11-8-17)29-15-18-6-5-13-23-14-18/h5-14,20H,4,15-16H2,1-3H3/b12-9+. The fourth-order valence-corrected chi connectivity index (χ4v) is 2.47. The Labute approximate surface area is 170 Å². The number of carbonyl (C=O) groups is 2. The Kier molecular flexibility index (Phi) is 8.85. The number of hydrogen-bond acceptors (Lipinski definition) is 6. The Bertz CT molecular complexity index is 806. The number of rotatable bonds is 10. The van der Waals surface area contributed by atoms with Gasteiger partial charge in [-0.3, -0.25) is 9.78 Å². The van der Waals surface area contributed by atoms with Crippen LogP contribution in [0, 0.1) is 0 Å². The first-order valence-corrected chi connectivity index (χ1v) is 9.27. The minimum Gasteiger partial charge on any atom is -0.489 e. The lowest BCUT2D eigenvalue weighted by atomic mass is 10.2. The molecule has 0 aliphatic heterocycles. The van der Waals surface area contributed by atoms with Gasteiger partial charge in [0.15, 0.2) is 6.04 Å². The van der Waals surface area contributed by atoms with E-state index in [0.717, 1.165) is 16.9 Å². The molecule has 1 atom stereocenters. The molecule has 7 nitrogen and oxygen atoms in total. The topological polar surface area (TPSA) is 78.0 Å². The highest BCUT2D eigenvalue weighted by molar-refractivity contribution is 5.94. The third kappa shape index (κ3) is 7.04. The summed E-state index contributed by atoms with van der Waals surface area (Å²) in [7, 11) is 2.83. The van der Waals surface area contributed by atoms with Crippen molar-refractivity contribution in [3.8, 4) is 5.75 Å². The molecule has 1 aromatic carbocycles. The van der Waals surface area contributed by atoms with Crippen molar-refractivity contribution in [1.29, 1.82) is 0 Å². The largest absolute Gasteiger partial charge is 0.489 e. The van der Waals surface area contributed by atoms with Crippen LogP contribution in [0.4, 0.5) is 0 Å². The SMILES string of the molecule is CCOCC(C(=O)OC)N(C)C(=O)/C=C/c1ccc(OCc2cccnc2)cc1. The molecule has 1 heterocycles. The number of aromatic nitrogens is 1. The van der Waals surface area contributed by atoms with Crippen molar-refractivity contribution in [2.75, 3.05) is 27.4 Å². The molecule has 0 saturated carbocycles. The highest BCUT2D eigenvalue weighted by atomic mass is 16.5. The highest BCUT2D eigenvalue weighted by Crippen LogP contribution is 2.15. The number of methoxy groups -OCH3 is 1. The molecule has 0 radical (unpaired) electrons. The molecular weight excluding hydrogens is 372 g/mol. The van der Waals surface area contributed by atoms with Crippen LogP contribution in [0.15, 0.2) is 54.9 Å². The van der Waals surface area contributed by atoms with Gasteiger partial charge in [0.05, 0.1) is 13.7 Å². The zero-order chi connectivity index (χ0) is 21.1. The molecule has 0 bridgehead atoms. The molecule has 2 rings (SSSR count). The van der Waals surface area contributed by atoms with Gasteiger partial charge in [-0.1, -0.05) is 18.2 Å². The number of nitrogens with zero attached hydrogens (tertiary/aromatic N) is 2. The number of likely N-dealkylation sites (N-methyl/N-ethyl adjacent to an activating group) is 1. The number of benzene rings is 1. The van der Waals surface area contributed by atoms with Crippen LogP contribution in [-0.4, -0.2) is 55.2 Å². The first-order valence-electron chi connectivity index (χ1n) is 9.27. The van der Waals surface area contributed by atoms with Crippen molar-refractivity contribution < 1.29 is 23.8 Å². The Hall–Kier alpha value is -3.19. The molecule has 0 fully saturated rings. The Morgan fingerprint density at radius 3 is 2.59 bits per heavy atom. The predicted octanol–water partition coefficient (Wildman–Crippen LogP) is 2.71. The van der Waals surface area contributed by atoms with Crippen LogP contribution in [0.1, 0.15) is 18.1 Å². The summed E-state index contributed by atoms with van der Waals surface area (Å²) in [6.07, 6.45) is 6.56. The minimum absolute atomic E-state index is 0.0855. The maximum atomic E-state index is 12.4. The number of esters is 1. The summed E-state index contributed by atoms with van der Waals surface area (Å²) < 4.78 is 15.8. The average molecular weight is 398 g/mol. The maximum Gasteiger partial charge on any atom is 0.331 e. The third-order valence-electron chi connectivity index (χ3n) is 4.19. The number of pyridine rings is 1. The van der Waals surface area contributed by atoms with E-state index in [9.17, 15) is 9.59 Å². The van der Waals surface area contributed by atoms with E-state index in [2.05, 4.69) is 4.98 Å². The van der Waals surface area contributed by atoms with Crippen molar-refractivity contribution >= 4 is 18.0 Å². The number of carbonyl (C=O) groups excluding carboxylic acids is 2. The second kappa shape index (κ2) is 11.6. The molecule has 154 valence electrons. The van der Waals surface area contributed by atoms with E-state index in [-0.39, 0.29) is 12.5 Å². The van der Waals surface area contributed by atoms with E-state index in [1.54, 1.807) is 25.5 Å². The van der Waals surface area contributed by atoms with Crippen LogP contribution in [0.5, 0.6) is 5.75 Å². The molecule has 1 aromatic heterocycles. The van der Waals surface area contributed by atoms with Gasteiger partial charge < -0.3 is 19.1 Å². The minimum atomic E-state index is -0.791. The summed E-state index contributed by atoms with van der Waals surface area (Å²) in [5.41, 5.74) is 1.82. The van der Waals surface area contributed by atoms with Crippen LogP contribution < -0.4 is 4.74 Å². The van der Waals surface area contributed by atoms with Crippen molar-refractivity contribution in [1.82, 2.24) is 9.88 Å². The summed E-state index contributed by atoms with van der Waals surface area (Å²) in [5, 5.41) is 0. The van der Waals surface area contributed by atoms with E-state index < -0.39 is 12.0 Å². The normalized spacial score (nSPS) is 11.8. The second-order valence-corrected chi connectivity index (χ2v) is 6.20. The van der Waals surface area contributed by atoms with E-state index in [0.29, 0.717) is 13.2 Å². The van der Waals surface area contributed by atoms with Gasteiger partial charge in [-0.2, -0.15) is 0 Å². The molecule has 2 aromatic rings. The molecule has 0 saturated heterocycles. The van der Waals surface area contributed by atoms with Crippen LogP contribution in [0.3, 0.4) is 0 Å². The first-order chi connectivity index (χ1) is 14.0. The van der Waals surface area contributed by atoms with Gasteiger partial charge in [0.2, 0.25) is 5.91 Å². The lowest BCUT2D eigenvalue weighted by Gasteiger charge is -2.24. The zero-order valence-electron chi connectivity index (χ0n) is 16.9. The molecule has 0 spiro atoms. The molecule has 1 amide bonds.